The fourth-order valence-corrected chi connectivity index (χ4v) is 1.93. The monoisotopic (exact) mass is 264 g/mol. The summed E-state index contributed by atoms with van der Waals surface area (Å²) in [6.45, 7) is 4.59. The van der Waals surface area contributed by atoms with E-state index in [1.807, 2.05) is 25.6 Å². The van der Waals surface area contributed by atoms with E-state index in [9.17, 15) is 4.79 Å². The van der Waals surface area contributed by atoms with Crippen LogP contribution in [-0.4, -0.2) is 32.4 Å². The Morgan fingerprint density at radius 1 is 1.53 bits per heavy atom. The third-order valence-electron chi connectivity index (χ3n) is 3.03. The van der Waals surface area contributed by atoms with Crippen molar-refractivity contribution in [1.82, 2.24) is 14.8 Å². The molecule has 0 bridgehead atoms. The minimum atomic E-state index is -1.10. The van der Waals surface area contributed by atoms with Crippen molar-refractivity contribution in [3.8, 4) is 0 Å². The van der Waals surface area contributed by atoms with Crippen LogP contribution < -0.4 is 5.32 Å². The number of nitrogens with one attached hydrogen (secondary N) is 1. The second-order valence-electron chi connectivity index (χ2n) is 4.29. The van der Waals surface area contributed by atoms with E-state index in [1.54, 1.807) is 0 Å². The number of carboxylic acids is 1. The zero-order valence-electron chi connectivity index (χ0n) is 11.1. The lowest BCUT2D eigenvalue weighted by Crippen LogP contribution is -2.07. The molecular formula is C12H16N4O3. The van der Waals surface area contributed by atoms with Gasteiger partial charge in [-0.05, 0) is 25.8 Å². The SMILES string of the molecule is Cc1nn(C)c(C)c1CCNc1nc(C(=O)O)co1. The Morgan fingerprint density at radius 2 is 2.26 bits per heavy atom. The lowest BCUT2D eigenvalue weighted by atomic mass is 10.1. The van der Waals surface area contributed by atoms with Crippen molar-refractivity contribution in [2.75, 3.05) is 11.9 Å². The molecule has 2 rings (SSSR count). The van der Waals surface area contributed by atoms with Gasteiger partial charge in [-0.15, -0.1) is 0 Å². The van der Waals surface area contributed by atoms with Crippen LogP contribution >= 0.6 is 0 Å². The first-order valence-electron chi connectivity index (χ1n) is 5.90. The normalized spacial score (nSPS) is 10.7. The minimum Gasteiger partial charge on any atom is -0.476 e. The van der Waals surface area contributed by atoms with Gasteiger partial charge in [0.15, 0.2) is 5.69 Å². The summed E-state index contributed by atoms with van der Waals surface area (Å²) in [5.41, 5.74) is 3.20. The Hall–Kier alpha value is -2.31. The summed E-state index contributed by atoms with van der Waals surface area (Å²) in [6, 6.07) is 0.219. The summed E-state index contributed by atoms with van der Waals surface area (Å²) in [5.74, 6) is -1.10. The Bertz CT molecular complexity index is 600. The second kappa shape index (κ2) is 5.13. The quantitative estimate of drug-likeness (QED) is 0.847. The maximum Gasteiger partial charge on any atom is 0.357 e. The smallest absolute Gasteiger partial charge is 0.357 e. The van der Waals surface area contributed by atoms with Crippen LogP contribution in [0.2, 0.25) is 0 Å². The molecule has 2 aromatic rings. The second-order valence-corrected chi connectivity index (χ2v) is 4.29. The van der Waals surface area contributed by atoms with Crippen molar-refractivity contribution in [3.05, 3.63) is 28.9 Å². The molecule has 0 atom stereocenters. The van der Waals surface area contributed by atoms with E-state index >= 15 is 0 Å². The molecule has 0 saturated carbocycles. The number of oxazole rings is 1. The van der Waals surface area contributed by atoms with Crippen molar-refractivity contribution < 1.29 is 14.3 Å². The summed E-state index contributed by atoms with van der Waals surface area (Å²) in [7, 11) is 1.91. The Morgan fingerprint density at radius 3 is 2.79 bits per heavy atom. The van der Waals surface area contributed by atoms with E-state index in [-0.39, 0.29) is 11.7 Å². The van der Waals surface area contributed by atoms with Crippen LogP contribution in [0, 0.1) is 13.8 Å². The molecule has 0 fully saturated rings. The summed E-state index contributed by atoms with van der Waals surface area (Å²) in [6.07, 6.45) is 1.89. The van der Waals surface area contributed by atoms with Crippen molar-refractivity contribution >= 4 is 12.0 Å². The number of anilines is 1. The number of rotatable bonds is 5. The highest BCUT2D eigenvalue weighted by Gasteiger charge is 2.11. The van der Waals surface area contributed by atoms with E-state index in [0.29, 0.717) is 6.54 Å². The first-order valence-corrected chi connectivity index (χ1v) is 5.90. The van der Waals surface area contributed by atoms with Gasteiger partial charge in [0.2, 0.25) is 0 Å². The van der Waals surface area contributed by atoms with E-state index in [0.717, 1.165) is 24.1 Å². The maximum atomic E-state index is 10.6. The van der Waals surface area contributed by atoms with Crippen LogP contribution in [-0.2, 0) is 13.5 Å². The van der Waals surface area contributed by atoms with Crippen LogP contribution in [0.5, 0.6) is 0 Å². The fourth-order valence-electron chi connectivity index (χ4n) is 1.93. The zero-order chi connectivity index (χ0) is 14.0. The highest BCUT2D eigenvalue weighted by atomic mass is 16.4. The minimum absolute atomic E-state index is 0.101. The molecule has 0 aliphatic rings. The van der Waals surface area contributed by atoms with Crippen LogP contribution in [0.1, 0.15) is 27.4 Å². The maximum absolute atomic E-state index is 10.6. The van der Waals surface area contributed by atoms with Gasteiger partial charge in [-0.25, -0.2) is 4.79 Å². The highest BCUT2D eigenvalue weighted by molar-refractivity contribution is 5.85. The van der Waals surface area contributed by atoms with Gasteiger partial charge in [0.05, 0.1) is 5.69 Å². The topological polar surface area (TPSA) is 93.2 Å². The molecule has 0 aliphatic carbocycles. The predicted octanol–water partition coefficient (Wildman–Crippen LogP) is 1.38. The van der Waals surface area contributed by atoms with Gasteiger partial charge in [0.1, 0.15) is 6.26 Å². The molecular weight excluding hydrogens is 248 g/mol. The lowest BCUT2D eigenvalue weighted by Gasteiger charge is -2.02. The van der Waals surface area contributed by atoms with Gasteiger partial charge in [-0.1, -0.05) is 0 Å². The first kappa shape index (κ1) is 13.1. The molecule has 0 spiro atoms. The molecule has 2 aromatic heterocycles. The number of hydrogen-bond acceptors (Lipinski definition) is 5. The van der Waals surface area contributed by atoms with Gasteiger partial charge in [0.25, 0.3) is 6.01 Å². The van der Waals surface area contributed by atoms with Gasteiger partial charge in [-0.2, -0.15) is 10.1 Å². The number of aromatic nitrogens is 3. The van der Waals surface area contributed by atoms with Gasteiger partial charge in [-0.3, -0.25) is 4.68 Å². The molecule has 0 unspecified atom stereocenters. The van der Waals surface area contributed by atoms with Gasteiger partial charge < -0.3 is 14.8 Å². The molecule has 7 heteroatoms. The average molecular weight is 264 g/mol. The van der Waals surface area contributed by atoms with Crippen LogP contribution in [0.4, 0.5) is 6.01 Å². The summed E-state index contributed by atoms with van der Waals surface area (Å²) in [4.78, 5) is 14.4. The molecule has 0 radical (unpaired) electrons. The number of nitrogens with zero attached hydrogens (tertiary/aromatic N) is 3. The number of hydrogen-bond donors (Lipinski definition) is 2. The highest BCUT2D eigenvalue weighted by Crippen LogP contribution is 2.13. The number of aromatic carboxylic acids is 1. The Kier molecular flexibility index (Phi) is 3.55. The molecule has 0 aromatic carbocycles. The Labute approximate surface area is 110 Å². The number of carbonyl (C=O) groups is 1. The van der Waals surface area contributed by atoms with Crippen LogP contribution in [0.25, 0.3) is 0 Å². The number of aryl methyl sites for hydroxylation is 2. The third-order valence-corrected chi connectivity index (χ3v) is 3.03. The Balaban J connectivity index is 1.94. The zero-order valence-corrected chi connectivity index (χ0v) is 11.1. The molecule has 2 heterocycles. The predicted molar refractivity (Wildman–Crippen MR) is 68.3 cm³/mol. The van der Waals surface area contributed by atoms with Crippen molar-refractivity contribution in [1.29, 1.82) is 0 Å². The fraction of sp³-hybridized carbons (Fsp3) is 0.417. The molecule has 0 saturated heterocycles. The van der Waals surface area contributed by atoms with Crippen molar-refractivity contribution in [2.45, 2.75) is 20.3 Å². The molecule has 102 valence electrons. The molecule has 2 N–H and O–H groups in total. The molecule has 0 amide bonds. The first-order chi connectivity index (χ1) is 8.99. The van der Waals surface area contributed by atoms with Gasteiger partial charge >= 0.3 is 5.97 Å². The molecule has 0 aliphatic heterocycles. The van der Waals surface area contributed by atoms with Crippen molar-refractivity contribution in [2.24, 2.45) is 7.05 Å². The van der Waals surface area contributed by atoms with E-state index in [2.05, 4.69) is 15.4 Å². The number of carboxylic acid groups (broad SMARTS) is 1. The van der Waals surface area contributed by atoms with Crippen molar-refractivity contribution in [3.63, 3.8) is 0 Å². The summed E-state index contributed by atoms with van der Waals surface area (Å²) >= 11 is 0. The standard InChI is InChI=1S/C12H16N4O3/c1-7-9(8(2)16(3)15-7)4-5-13-12-14-10(6-19-12)11(17)18/h6H,4-5H2,1-3H3,(H,13,14)(H,17,18). The average Bonchev–Trinajstić information content (AvgIpc) is 2.90. The van der Waals surface area contributed by atoms with E-state index < -0.39 is 5.97 Å². The summed E-state index contributed by atoms with van der Waals surface area (Å²) in [5, 5.41) is 16.0. The van der Waals surface area contributed by atoms with Crippen LogP contribution in [0.3, 0.4) is 0 Å². The molecule has 7 nitrogen and oxygen atoms in total. The largest absolute Gasteiger partial charge is 0.476 e. The van der Waals surface area contributed by atoms with E-state index in [1.165, 1.54) is 5.56 Å². The lowest BCUT2D eigenvalue weighted by molar-refractivity contribution is 0.0690. The third kappa shape index (κ3) is 2.75. The van der Waals surface area contributed by atoms with Gasteiger partial charge in [0, 0.05) is 19.3 Å². The van der Waals surface area contributed by atoms with E-state index in [4.69, 9.17) is 9.52 Å². The molecule has 19 heavy (non-hydrogen) atoms. The van der Waals surface area contributed by atoms with Crippen LogP contribution in [0.15, 0.2) is 10.7 Å². The summed E-state index contributed by atoms with van der Waals surface area (Å²) < 4.78 is 6.85.